The first-order valence-electron chi connectivity index (χ1n) is 12.6. The number of carbonyl (C=O) groups is 3. The number of allylic oxidation sites excluding steroid dienone is 4. The van der Waals surface area contributed by atoms with Crippen molar-refractivity contribution in [3.63, 3.8) is 0 Å². The number of nitriles is 1. The topological polar surface area (TPSA) is 98.5 Å². The van der Waals surface area contributed by atoms with E-state index in [0.29, 0.717) is 30.7 Å². The molecule has 2 rings (SSSR count). The minimum Gasteiger partial charge on any atom is -0.481 e. The molecule has 0 aromatic heterocycles. The highest BCUT2D eigenvalue weighted by molar-refractivity contribution is 5.77. The summed E-state index contributed by atoms with van der Waals surface area (Å²) in [7, 11) is 1.88. The van der Waals surface area contributed by atoms with E-state index in [1.165, 1.54) is 11.1 Å². The summed E-state index contributed by atoms with van der Waals surface area (Å²) in [5.41, 5.74) is 2.58. The number of aldehydes is 1. The first kappa shape index (κ1) is 29.6. The highest BCUT2D eigenvalue weighted by Crippen LogP contribution is 2.57. The summed E-state index contributed by atoms with van der Waals surface area (Å²) in [5, 5.41) is 17.1. The van der Waals surface area contributed by atoms with Gasteiger partial charge in [0.1, 0.15) is 6.29 Å². The quantitative estimate of drug-likeness (QED) is 0.280. The van der Waals surface area contributed by atoms with Gasteiger partial charge in [0.2, 0.25) is 5.91 Å². The van der Waals surface area contributed by atoms with Crippen molar-refractivity contribution in [2.24, 2.45) is 35.0 Å². The van der Waals surface area contributed by atoms with Crippen LogP contribution in [0, 0.1) is 46.3 Å². The van der Waals surface area contributed by atoms with Gasteiger partial charge in [-0.15, -0.1) is 0 Å². The molecule has 4 atom stereocenters. The second-order valence-corrected chi connectivity index (χ2v) is 10.7. The molecule has 6 nitrogen and oxygen atoms in total. The van der Waals surface area contributed by atoms with E-state index in [1.807, 2.05) is 25.8 Å². The molecule has 0 radical (unpaired) electrons. The van der Waals surface area contributed by atoms with Crippen LogP contribution in [0.4, 0.5) is 0 Å². The van der Waals surface area contributed by atoms with Crippen LogP contribution in [0.2, 0.25) is 0 Å². The van der Waals surface area contributed by atoms with Gasteiger partial charge < -0.3 is 10.0 Å². The summed E-state index contributed by atoms with van der Waals surface area (Å²) in [6, 6.07) is 2.31. The Hall–Kier alpha value is -2.42. The van der Waals surface area contributed by atoms with Crippen molar-refractivity contribution in [2.75, 3.05) is 13.6 Å². The Morgan fingerprint density at radius 3 is 2.41 bits per heavy atom. The third kappa shape index (κ3) is 7.55. The zero-order valence-corrected chi connectivity index (χ0v) is 22.1. The molecule has 4 unspecified atom stereocenters. The number of hydrogen-bond acceptors (Lipinski definition) is 4. The number of aliphatic carboxylic acids is 1. The van der Waals surface area contributed by atoms with Gasteiger partial charge in [-0.3, -0.25) is 14.4 Å². The molecule has 1 N–H and O–H groups in total. The molecular weight excluding hydrogens is 428 g/mol. The maximum Gasteiger partial charge on any atom is 0.305 e. The van der Waals surface area contributed by atoms with Crippen LogP contribution < -0.4 is 0 Å². The molecule has 2 aliphatic rings. The summed E-state index contributed by atoms with van der Waals surface area (Å²) in [6.45, 7) is 12.4. The Morgan fingerprint density at radius 2 is 1.91 bits per heavy atom. The molecule has 2 aliphatic carbocycles. The first-order chi connectivity index (χ1) is 15.9. The van der Waals surface area contributed by atoms with Gasteiger partial charge in [-0.2, -0.15) is 5.26 Å². The van der Waals surface area contributed by atoms with E-state index in [4.69, 9.17) is 10.4 Å². The minimum atomic E-state index is -0.741. The second kappa shape index (κ2) is 13.5. The Bertz CT molecular complexity index is 821. The second-order valence-electron chi connectivity index (χ2n) is 10.7. The molecule has 0 aromatic rings. The van der Waals surface area contributed by atoms with Crippen LogP contribution in [0.25, 0.3) is 0 Å². The van der Waals surface area contributed by atoms with Crippen LogP contribution in [0.1, 0.15) is 80.1 Å². The van der Waals surface area contributed by atoms with E-state index in [2.05, 4.69) is 26.0 Å². The van der Waals surface area contributed by atoms with Crippen molar-refractivity contribution >= 4 is 18.2 Å². The summed E-state index contributed by atoms with van der Waals surface area (Å²) in [5.74, 6) is 0.673. The van der Waals surface area contributed by atoms with Gasteiger partial charge in [0, 0.05) is 25.9 Å². The number of nitrogens with zero attached hydrogens (tertiary/aromatic N) is 2. The fourth-order valence-corrected chi connectivity index (χ4v) is 5.55. The molecule has 0 aliphatic heterocycles. The van der Waals surface area contributed by atoms with Crippen molar-refractivity contribution < 1.29 is 19.5 Å². The zero-order chi connectivity index (χ0) is 26.1. The summed E-state index contributed by atoms with van der Waals surface area (Å²) >= 11 is 0. The van der Waals surface area contributed by atoms with Crippen molar-refractivity contribution in [3.8, 4) is 6.07 Å². The standard InChI is InChI=1S/C24H36N2O2.C4H8O2/c1-17(2)23(28)26(5)15-13-24(4)19(12-16-27)9-10-21-20(7-6-14-25)18(3)8-11-22(21)24;1-3(2)4(5)6/h8,12,16-17,20-22H,6-7,9-11,13,15H2,1-5H3;3H,1-2H3,(H,5,6)/b19-12-;. The summed E-state index contributed by atoms with van der Waals surface area (Å²) in [6.07, 6.45) is 10.5. The Kier molecular flexibility index (Phi) is 11.7. The van der Waals surface area contributed by atoms with Crippen LogP contribution in [0.15, 0.2) is 23.3 Å². The lowest BCUT2D eigenvalue weighted by atomic mass is 9.52. The lowest BCUT2D eigenvalue weighted by molar-refractivity contribution is -0.140. The highest BCUT2D eigenvalue weighted by Gasteiger charge is 2.48. The van der Waals surface area contributed by atoms with Gasteiger partial charge in [0.15, 0.2) is 0 Å². The van der Waals surface area contributed by atoms with Crippen LogP contribution >= 0.6 is 0 Å². The summed E-state index contributed by atoms with van der Waals surface area (Å²) in [4.78, 5) is 35.2. The lowest BCUT2D eigenvalue weighted by Gasteiger charge is -2.53. The summed E-state index contributed by atoms with van der Waals surface area (Å²) < 4.78 is 0. The average Bonchev–Trinajstić information content (AvgIpc) is 2.78. The Labute approximate surface area is 206 Å². The predicted molar refractivity (Wildman–Crippen MR) is 135 cm³/mol. The number of carbonyl (C=O) groups excluding carboxylic acids is 2. The molecule has 0 heterocycles. The van der Waals surface area contributed by atoms with Crippen LogP contribution in [0.5, 0.6) is 0 Å². The van der Waals surface area contributed by atoms with E-state index in [1.54, 1.807) is 19.9 Å². The molecule has 6 heteroatoms. The number of fused-ring (bicyclic) bond motifs is 1. The third-order valence-electron chi connectivity index (χ3n) is 7.78. The molecule has 34 heavy (non-hydrogen) atoms. The van der Waals surface area contributed by atoms with E-state index < -0.39 is 5.97 Å². The fourth-order valence-electron chi connectivity index (χ4n) is 5.55. The van der Waals surface area contributed by atoms with Crippen LogP contribution in [-0.4, -0.2) is 41.8 Å². The highest BCUT2D eigenvalue weighted by atomic mass is 16.4. The van der Waals surface area contributed by atoms with E-state index in [0.717, 1.165) is 38.4 Å². The van der Waals surface area contributed by atoms with Crippen molar-refractivity contribution in [3.05, 3.63) is 23.3 Å². The molecule has 0 spiro atoms. The van der Waals surface area contributed by atoms with Crippen molar-refractivity contribution in [1.29, 1.82) is 5.26 Å². The smallest absolute Gasteiger partial charge is 0.305 e. The minimum absolute atomic E-state index is 0.00229. The molecule has 0 bridgehead atoms. The normalized spacial score (nSPS) is 27.2. The SMILES string of the molecule is CC(C)C(=O)O.CC1=CCC2C(CC/C(=C/C=O)C2(C)CCN(C)C(=O)C(C)C)C1CCC#N. The molecule has 0 aromatic carbocycles. The van der Waals surface area contributed by atoms with Gasteiger partial charge in [-0.25, -0.2) is 0 Å². The zero-order valence-electron chi connectivity index (χ0n) is 22.1. The predicted octanol–water partition coefficient (Wildman–Crippen LogP) is 5.65. The maximum absolute atomic E-state index is 12.3. The van der Waals surface area contributed by atoms with Crippen molar-refractivity contribution in [1.82, 2.24) is 4.90 Å². The van der Waals surface area contributed by atoms with Crippen molar-refractivity contribution in [2.45, 2.75) is 80.1 Å². The third-order valence-corrected chi connectivity index (χ3v) is 7.78. The molecule has 1 amide bonds. The van der Waals surface area contributed by atoms with Crippen LogP contribution in [0.3, 0.4) is 0 Å². The Balaban J connectivity index is 0.000000852. The monoisotopic (exact) mass is 472 g/mol. The molecular formula is C28H44N2O4. The maximum atomic E-state index is 12.3. The molecule has 1 saturated carbocycles. The number of carboxylic acid groups (broad SMARTS) is 1. The van der Waals surface area contributed by atoms with Crippen LogP contribution in [-0.2, 0) is 14.4 Å². The van der Waals surface area contributed by atoms with E-state index in [-0.39, 0.29) is 23.2 Å². The number of amides is 1. The largest absolute Gasteiger partial charge is 0.481 e. The van der Waals surface area contributed by atoms with Gasteiger partial charge in [-0.05, 0) is 68.3 Å². The first-order valence-corrected chi connectivity index (χ1v) is 12.6. The number of rotatable bonds is 8. The van der Waals surface area contributed by atoms with Gasteiger partial charge in [0.05, 0.1) is 12.0 Å². The lowest BCUT2D eigenvalue weighted by Crippen LogP contribution is -2.45. The Morgan fingerprint density at radius 1 is 1.29 bits per heavy atom. The fraction of sp³-hybridized carbons (Fsp3) is 0.714. The number of carboxylic acids is 1. The average molecular weight is 473 g/mol. The van der Waals surface area contributed by atoms with E-state index in [9.17, 15) is 14.4 Å². The van der Waals surface area contributed by atoms with Gasteiger partial charge >= 0.3 is 5.97 Å². The van der Waals surface area contributed by atoms with Gasteiger partial charge in [-0.1, -0.05) is 51.8 Å². The van der Waals surface area contributed by atoms with E-state index >= 15 is 0 Å². The molecule has 1 fully saturated rings. The number of hydrogen-bond donors (Lipinski definition) is 1. The van der Waals surface area contributed by atoms with Gasteiger partial charge in [0.25, 0.3) is 0 Å². The molecule has 190 valence electrons. The molecule has 0 saturated heterocycles.